The number of likely N-dealkylation sites (tertiary alicyclic amines) is 1. The molecule has 0 spiro atoms. The van der Waals surface area contributed by atoms with Gasteiger partial charge in [-0.25, -0.2) is 9.97 Å². The number of carbonyl (C=O) groups is 6. The normalized spacial score (nSPS) is 19.0. The van der Waals surface area contributed by atoms with Gasteiger partial charge >= 0.3 is 0 Å². The highest BCUT2D eigenvalue weighted by Gasteiger charge is 2.45. The van der Waals surface area contributed by atoms with Crippen molar-refractivity contribution in [3.8, 4) is 11.5 Å². The summed E-state index contributed by atoms with van der Waals surface area (Å²) in [6, 6.07) is 22.0. The van der Waals surface area contributed by atoms with E-state index in [4.69, 9.17) is 16.3 Å². The first-order chi connectivity index (χ1) is 32.1. The quantitative estimate of drug-likeness (QED) is 0.109. The fourth-order valence-electron chi connectivity index (χ4n) is 9.11. The number of anilines is 2. The third-order valence-corrected chi connectivity index (χ3v) is 12.9. The van der Waals surface area contributed by atoms with E-state index in [-0.39, 0.29) is 46.7 Å². The highest BCUT2D eigenvalue weighted by atomic mass is 35.5. The molecule has 0 saturated carbocycles. The van der Waals surface area contributed by atoms with Gasteiger partial charge in [0, 0.05) is 88.0 Å². The number of H-pyrrole nitrogens is 1. The van der Waals surface area contributed by atoms with Gasteiger partial charge in [0.2, 0.25) is 11.8 Å². The lowest BCUT2D eigenvalue weighted by atomic mass is 10.0. The Morgan fingerprint density at radius 1 is 0.818 bits per heavy atom. The van der Waals surface area contributed by atoms with Gasteiger partial charge in [-0.1, -0.05) is 29.8 Å². The SMILES string of the molecule is O=C1CCC(N2C(=O)c3ccc(N4CCN(Cc5ccc(C(=O)N6CCC[C@@H](Nc7ncnc8[nH]cc(C(=O)c9ccc(Oc%10ccccc%10)cc9Cl)c78)C6)cn5)CC4)cc3C2=O)C(=O)N1. The summed E-state index contributed by atoms with van der Waals surface area (Å²) < 4.78 is 5.90. The lowest BCUT2D eigenvalue weighted by Gasteiger charge is -2.36. The van der Waals surface area contributed by atoms with Crippen LogP contribution in [0.3, 0.4) is 0 Å². The Morgan fingerprint density at radius 2 is 1.64 bits per heavy atom. The number of hydrogen-bond acceptors (Lipinski definition) is 13. The Balaban J connectivity index is 0.738. The van der Waals surface area contributed by atoms with Crippen molar-refractivity contribution in [2.75, 3.05) is 49.5 Å². The molecule has 4 aliphatic heterocycles. The Kier molecular flexibility index (Phi) is 11.5. The number of imide groups is 2. The van der Waals surface area contributed by atoms with Crippen molar-refractivity contribution < 1.29 is 33.5 Å². The van der Waals surface area contributed by atoms with Crippen LogP contribution in [0.5, 0.6) is 11.5 Å². The molecule has 5 amide bonds. The predicted octanol–water partition coefficient (Wildman–Crippen LogP) is 5.47. The van der Waals surface area contributed by atoms with Crippen LogP contribution in [0.4, 0.5) is 11.5 Å². The first-order valence-electron chi connectivity index (χ1n) is 21.8. The summed E-state index contributed by atoms with van der Waals surface area (Å²) in [6.45, 7) is 4.39. The fraction of sp³-hybridized carbons (Fsp3) is 0.271. The number of aromatic amines is 1. The molecule has 66 heavy (non-hydrogen) atoms. The van der Waals surface area contributed by atoms with Gasteiger partial charge in [-0.15, -0.1) is 0 Å². The Morgan fingerprint density at radius 3 is 2.41 bits per heavy atom. The van der Waals surface area contributed by atoms with Crippen LogP contribution in [-0.2, 0) is 16.1 Å². The number of rotatable bonds is 11. The maximum atomic E-state index is 13.9. The van der Waals surface area contributed by atoms with E-state index < -0.39 is 29.7 Å². The summed E-state index contributed by atoms with van der Waals surface area (Å²) >= 11 is 6.64. The van der Waals surface area contributed by atoms with Crippen LogP contribution >= 0.6 is 11.6 Å². The van der Waals surface area contributed by atoms with Crippen LogP contribution in [0.2, 0.25) is 5.02 Å². The summed E-state index contributed by atoms with van der Waals surface area (Å²) in [5, 5.41) is 6.50. The van der Waals surface area contributed by atoms with Crippen LogP contribution in [0.25, 0.3) is 11.0 Å². The molecule has 0 radical (unpaired) electrons. The molecule has 3 N–H and O–H groups in total. The van der Waals surface area contributed by atoms with Crippen molar-refractivity contribution >= 4 is 69.5 Å². The number of amides is 5. The molecule has 1 unspecified atom stereocenters. The van der Waals surface area contributed by atoms with Gasteiger partial charge in [-0.2, -0.15) is 0 Å². The highest BCUT2D eigenvalue weighted by molar-refractivity contribution is 6.36. The molecular formula is C48H43ClN10O7. The zero-order valence-electron chi connectivity index (χ0n) is 35.5. The van der Waals surface area contributed by atoms with Crippen LogP contribution in [-0.4, -0.2) is 121 Å². The lowest BCUT2D eigenvalue weighted by Crippen LogP contribution is -2.54. The van der Waals surface area contributed by atoms with Gasteiger partial charge in [0.15, 0.2) is 5.78 Å². The van der Waals surface area contributed by atoms with E-state index >= 15 is 0 Å². The van der Waals surface area contributed by atoms with Gasteiger partial charge in [-0.3, -0.25) is 48.9 Å². The number of piperidine rings is 2. The Labute approximate surface area is 383 Å². The second-order valence-corrected chi connectivity index (χ2v) is 17.2. The minimum absolute atomic E-state index is 0.0645. The number of fused-ring (bicyclic) bond motifs is 2. The molecule has 0 aliphatic carbocycles. The van der Waals surface area contributed by atoms with Crippen LogP contribution in [0.1, 0.15) is 78.4 Å². The molecule has 4 aliphatic rings. The zero-order valence-corrected chi connectivity index (χ0v) is 36.3. The molecule has 334 valence electrons. The van der Waals surface area contributed by atoms with Crippen molar-refractivity contribution in [1.29, 1.82) is 0 Å². The van der Waals surface area contributed by atoms with Crippen molar-refractivity contribution in [2.24, 2.45) is 0 Å². The standard InChI is InChI=1S/C48H43ClN10O7/c49-38-22-33(66-32-6-2-1-3-7-32)11-13-35(38)42(61)37-24-51-43-41(37)44(53-27-52-43)54-30-5-4-16-58(26-30)46(63)28-8-9-29(50-23-28)25-56-17-19-57(20-18-56)31-10-12-34-36(21-31)48(65)59(47(34)64)39-14-15-40(60)55-45(39)62/h1-3,6-13,21-24,27,30,39H,4-5,14-20,25-26H2,(H,55,60,62)(H2,51,52,53,54)/t30-,39?/m1/s1. The maximum absolute atomic E-state index is 13.9. The van der Waals surface area contributed by atoms with Crippen molar-refractivity contribution in [3.63, 3.8) is 0 Å². The molecule has 0 bridgehead atoms. The van der Waals surface area contributed by atoms with E-state index in [0.29, 0.717) is 77.8 Å². The number of hydrogen-bond donors (Lipinski definition) is 3. The number of benzene rings is 3. The van der Waals surface area contributed by atoms with Gasteiger partial charge in [-0.05, 0) is 73.9 Å². The third-order valence-electron chi connectivity index (χ3n) is 12.5. The van der Waals surface area contributed by atoms with E-state index in [2.05, 4.69) is 40.4 Å². The van der Waals surface area contributed by atoms with E-state index in [0.717, 1.165) is 42.2 Å². The minimum atomic E-state index is -1.01. The molecule has 10 rings (SSSR count). The number of nitrogens with zero attached hydrogens (tertiary/aromatic N) is 7. The number of pyridine rings is 1. The van der Waals surface area contributed by atoms with Gasteiger partial charge in [0.1, 0.15) is 35.3 Å². The molecule has 3 aromatic carbocycles. The zero-order chi connectivity index (χ0) is 45.5. The van der Waals surface area contributed by atoms with Crippen LogP contribution in [0, 0.1) is 0 Å². The molecule has 17 nitrogen and oxygen atoms in total. The summed E-state index contributed by atoms with van der Waals surface area (Å²) in [6.07, 6.45) is 6.39. The molecule has 7 heterocycles. The number of halogens is 1. The molecule has 18 heteroatoms. The number of aromatic nitrogens is 4. The van der Waals surface area contributed by atoms with Crippen LogP contribution < -0.4 is 20.3 Å². The van der Waals surface area contributed by atoms with Crippen molar-refractivity contribution in [2.45, 2.75) is 44.3 Å². The molecular weight excluding hydrogens is 864 g/mol. The number of carbonyl (C=O) groups excluding carboxylic acids is 6. The summed E-state index contributed by atoms with van der Waals surface area (Å²) in [4.78, 5) is 102. The number of ether oxygens (including phenoxy) is 1. The smallest absolute Gasteiger partial charge is 0.262 e. The van der Waals surface area contributed by atoms with E-state index in [9.17, 15) is 28.8 Å². The number of piperazine rings is 1. The monoisotopic (exact) mass is 906 g/mol. The van der Waals surface area contributed by atoms with Crippen molar-refractivity contribution in [3.05, 3.63) is 136 Å². The summed E-state index contributed by atoms with van der Waals surface area (Å²) in [5.74, 6) is -0.897. The third kappa shape index (κ3) is 8.33. The van der Waals surface area contributed by atoms with E-state index in [1.165, 1.54) is 6.33 Å². The minimum Gasteiger partial charge on any atom is -0.457 e. The fourth-order valence-corrected chi connectivity index (χ4v) is 9.37. The van der Waals surface area contributed by atoms with E-state index in [1.54, 1.807) is 42.7 Å². The highest BCUT2D eigenvalue weighted by Crippen LogP contribution is 2.34. The number of nitrogens with one attached hydrogen (secondary N) is 3. The van der Waals surface area contributed by atoms with E-state index in [1.807, 2.05) is 53.4 Å². The predicted molar refractivity (Wildman–Crippen MR) is 243 cm³/mol. The van der Waals surface area contributed by atoms with Gasteiger partial charge in [0.05, 0.1) is 38.4 Å². The van der Waals surface area contributed by atoms with Crippen LogP contribution in [0.15, 0.2) is 97.6 Å². The maximum Gasteiger partial charge on any atom is 0.262 e. The topological polar surface area (TPSA) is 203 Å². The average Bonchev–Trinajstić information content (AvgIpc) is 3.88. The summed E-state index contributed by atoms with van der Waals surface area (Å²) in [5.41, 5.74) is 3.79. The van der Waals surface area contributed by atoms with Gasteiger partial charge < -0.3 is 24.8 Å². The first-order valence-corrected chi connectivity index (χ1v) is 22.2. The lowest BCUT2D eigenvalue weighted by molar-refractivity contribution is -0.136. The number of ketones is 1. The number of para-hydroxylation sites is 1. The Bertz CT molecular complexity index is 2920. The molecule has 2 atom stereocenters. The Hall–Kier alpha value is -7.50. The second kappa shape index (κ2) is 17.8. The molecule has 6 aromatic rings. The molecule has 3 saturated heterocycles. The summed E-state index contributed by atoms with van der Waals surface area (Å²) in [7, 11) is 0. The average molecular weight is 907 g/mol. The molecule has 3 aromatic heterocycles. The largest absolute Gasteiger partial charge is 0.457 e. The second-order valence-electron chi connectivity index (χ2n) is 16.7. The molecule has 3 fully saturated rings. The van der Waals surface area contributed by atoms with Gasteiger partial charge in [0.25, 0.3) is 17.7 Å². The first kappa shape index (κ1) is 42.5. The van der Waals surface area contributed by atoms with Crippen molar-refractivity contribution in [1.82, 2.24) is 40.0 Å².